The van der Waals surface area contributed by atoms with E-state index in [0.29, 0.717) is 24.8 Å². The van der Waals surface area contributed by atoms with Crippen LogP contribution < -0.4 is 5.32 Å². The molecule has 0 spiro atoms. The number of aryl methyl sites for hydroxylation is 1. The van der Waals surface area contributed by atoms with Crippen LogP contribution in [0.3, 0.4) is 0 Å². The average Bonchev–Trinajstić information content (AvgIpc) is 3.19. The molecule has 4 nitrogen and oxygen atoms in total. The van der Waals surface area contributed by atoms with E-state index >= 15 is 0 Å². The number of carbonyl (C=O) groups excluding carboxylic acids is 1. The SMILES string of the molecule is C=CCNC(=O)c1ccc(CN(CCC(C)C)Cc2ccc(C)s2)o1. The van der Waals surface area contributed by atoms with E-state index in [1.807, 2.05) is 17.4 Å². The van der Waals surface area contributed by atoms with E-state index < -0.39 is 0 Å². The fourth-order valence-electron chi connectivity index (χ4n) is 2.50. The van der Waals surface area contributed by atoms with Gasteiger partial charge in [0.2, 0.25) is 0 Å². The topological polar surface area (TPSA) is 45.5 Å². The van der Waals surface area contributed by atoms with E-state index in [-0.39, 0.29) is 5.91 Å². The van der Waals surface area contributed by atoms with Crippen LogP contribution >= 0.6 is 11.3 Å². The van der Waals surface area contributed by atoms with Crippen molar-refractivity contribution in [1.82, 2.24) is 10.2 Å². The highest BCUT2D eigenvalue weighted by molar-refractivity contribution is 7.11. The van der Waals surface area contributed by atoms with Gasteiger partial charge < -0.3 is 9.73 Å². The van der Waals surface area contributed by atoms with Gasteiger partial charge in [-0.1, -0.05) is 19.9 Å². The third-order valence-electron chi connectivity index (χ3n) is 3.87. The van der Waals surface area contributed by atoms with Crippen LogP contribution in [0, 0.1) is 12.8 Å². The van der Waals surface area contributed by atoms with Gasteiger partial charge in [0.1, 0.15) is 5.76 Å². The second kappa shape index (κ2) is 9.59. The normalized spacial score (nSPS) is 11.2. The van der Waals surface area contributed by atoms with Crippen LogP contribution in [0.2, 0.25) is 0 Å². The van der Waals surface area contributed by atoms with E-state index in [2.05, 4.69) is 49.7 Å². The van der Waals surface area contributed by atoms with Crippen LogP contribution in [0.5, 0.6) is 0 Å². The van der Waals surface area contributed by atoms with Gasteiger partial charge in [0.25, 0.3) is 5.91 Å². The molecule has 1 amide bonds. The number of amides is 1. The Morgan fingerprint density at radius 3 is 2.76 bits per heavy atom. The molecular formula is C20H28N2O2S. The standard InChI is InChI=1S/C20H28N2O2S/c1-5-11-21-20(23)19-9-7-17(24-19)13-22(12-10-15(2)3)14-18-8-6-16(4)25-18/h5-9,15H,1,10-14H2,2-4H3,(H,21,23). The molecule has 1 N–H and O–H groups in total. The second-order valence-corrected chi connectivity index (χ2v) is 8.04. The number of thiophene rings is 1. The fraction of sp³-hybridized carbons (Fsp3) is 0.450. The first-order valence-electron chi connectivity index (χ1n) is 8.73. The maximum absolute atomic E-state index is 11.9. The van der Waals surface area contributed by atoms with Gasteiger partial charge in [0.15, 0.2) is 5.76 Å². The lowest BCUT2D eigenvalue weighted by molar-refractivity contribution is 0.0926. The summed E-state index contributed by atoms with van der Waals surface area (Å²) in [6.45, 7) is 13.3. The van der Waals surface area contributed by atoms with Gasteiger partial charge in [-0.25, -0.2) is 0 Å². The maximum atomic E-state index is 11.9. The number of nitrogens with one attached hydrogen (secondary N) is 1. The Labute approximate surface area is 154 Å². The number of carbonyl (C=O) groups is 1. The number of hydrogen-bond acceptors (Lipinski definition) is 4. The predicted molar refractivity (Wildman–Crippen MR) is 104 cm³/mol. The minimum Gasteiger partial charge on any atom is -0.455 e. The predicted octanol–water partition coefficient (Wildman–Crippen LogP) is 4.61. The lowest BCUT2D eigenvalue weighted by atomic mass is 10.1. The molecule has 2 aromatic rings. The molecule has 0 fully saturated rings. The molecule has 136 valence electrons. The Bertz CT molecular complexity index is 687. The highest BCUT2D eigenvalue weighted by Crippen LogP contribution is 2.20. The summed E-state index contributed by atoms with van der Waals surface area (Å²) in [6.07, 6.45) is 2.79. The molecule has 0 unspecified atom stereocenters. The monoisotopic (exact) mass is 360 g/mol. The van der Waals surface area contributed by atoms with Crippen molar-refractivity contribution in [3.8, 4) is 0 Å². The minimum absolute atomic E-state index is 0.200. The molecule has 0 aliphatic carbocycles. The second-order valence-electron chi connectivity index (χ2n) is 6.67. The van der Waals surface area contributed by atoms with Gasteiger partial charge in [0, 0.05) is 22.8 Å². The highest BCUT2D eigenvalue weighted by Gasteiger charge is 2.14. The zero-order valence-corrected chi connectivity index (χ0v) is 16.2. The van der Waals surface area contributed by atoms with E-state index in [1.54, 1.807) is 12.1 Å². The lowest BCUT2D eigenvalue weighted by Crippen LogP contribution is -2.24. The molecule has 0 aromatic carbocycles. The third kappa shape index (κ3) is 6.52. The summed E-state index contributed by atoms with van der Waals surface area (Å²) in [5, 5.41) is 2.74. The summed E-state index contributed by atoms with van der Waals surface area (Å²) in [7, 11) is 0. The molecule has 2 rings (SSSR count). The van der Waals surface area contributed by atoms with Crippen molar-refractivity contribution in [3.63, 3.8) is 0 Å². The molecule has 0 saturated heterocycles. The fourth-order valence-corrected chi connectivity index (χ4v) is 3.44. The highest BCUT2D eigenvalue weighted by atomic mass is 32.1. The third-order valence-corrected chi connectivity index (χ3v) is 4.86. The lowest BCUT2D eigenvalue weighted by Gasteiger charge is -2.21. The van der Waals surface area contributed by atoms with Crippen LogP contribution in [-0.4, -0.2) is 23.9 Å². The number of nitrogens with zero attached hydrogens (tertiary/aromatic N) is 1. The molecule has 0 atom stereocenters. The van der Waals surface area contributed by atoms with Gasteiger partial charge >= 0.3 is 0 Å². The summed E-state index contributed by atoms with van der Waals surface area (Å²) in [5.74, 6) is 1.63. The van der Waals surface area contributed by atoms with Crippen molar-refractivity contribution >= 4 is 17.2 Å². The smallest absolute Gasteiger partial charge is 0.287 e. The Kier molecular flexibility index (Phi) is 7.47. The summed E-state index contributed by atoms with van der Waals surface area (Å²) < 4.78 is 5.74. The summed E-state index contributed by atoms with van der Waals surface area (Å²) in [4.78, 5) is 17.0. The van der Waals surface area contributed by atoms with E-state index in [9.17, 15) is 4.79 Å². The first kappa shape index (κ1) is 19.5. The number of hydrogen-bond donors (Lipinski definition) is 1. The number of rotatable bonds is 10. The Hall–Kier alpha value is -1.85. The van der Waals surface area contributed by atoms with E-state index in [0.717, 1.165) is 25.3 Å². The molecule has 0 aliphatic heterocycles. The van der Waals surface area contributed by atoms with E-state index in [1.165, 1.54) is 9.75 Å². The van der Waals surface area contributed by atoms with Crippen LogP contribution in [0.25, 0.3) is 0 Å². The molecule has 0 bridgehead atoms. The van der Waals surface area contributed by atoms with Crippen molar-refractivity contribution in [1.29, 1.82) is 0 Å². The molecular weight excluding hydrogens is 332 g/mol. The molecule has 2 aromatic heterocycles. The van der Waals surface area contributed by atoms with Crippen molar-refractivity contribution in [2.24, 2.45) is 5.92 Å². The van der Waals surface area contributed by atoms with Crippen molar-refractivity contribution < 1.29 is 9.21 Å². The Morgan fingerprint density at radius 1 is 1.32 bits per heavy atom. The quantitative estimate of drug-likeness (QED) is 0.629. The van der Waals surface area contributed by atoms with Gasteiger partial charge in [-0.3, -0.25) is 9.69 Å². The Balaban J connectivity index is 2.01. The molecule has 0 radical (unpaired) electrons. The zero-order valence-electron chi connectivity index (χ0n) is 15.4. The average molecular weight is 361 g/mol. The molecule has 25 heavy (non-hydrogen) atoms. The minimum atomic E-state index is -0.200. The summed E-state index contributed by atoms with van der Waals surface area (Å²) in [5.41, 5.74) is 0. The molecule has 0 aliphatic rings. The van der Waals surface area contributed by atoms with Crippen molar-refractivity contribution in [2.45, 2.75) is 40.3 Å². The summed E-state index contributed by atoms with van der Waals surface area (Å²) in [6, 6.07) is 7.99. The van der Waals surface area contributed by atoms with Crippen LogP contribution in [0.1, 0.15) is 46.3 Å². The molecule has 2 heterocycles. The van der Waals surface area contributed by atoms with Crippen molar-refractivity contribution in [2.75, 3.05) is 13.1 Å². The molecule has 5 heteroatoms. The van der Waals surface area contributed by atoms with Gasteiger partial charge in [0.05, 0.1) is 6.54 Å². The Morgan fingerprint density at radius 2 is 2.12 bits per heavy atom. The van der Waals surface area contributed by atoms with Crippen LogP contribution in [0.15, 0.2) is 41.3 Å². The number of furan rings is 1. The largest absolute Gasteiger partial charge is 0.455 e. The zero-order chi connectivity index (χ0) is 18.2. The first-order valence-corrected chi connectivity index (χ1v) is 9.55. The first-order chi connectivity index (χ1) is 12.0. The van der Waals surface area contributed by atoms with Gasteiger partial charge in [-0.05, 0) is 50.1 Å². The van der Waals surface area contributed by atoms with Crippen LogP contribution in [0.4, 0.5) is 0 Å². The molecule has 0 saturated carbocycles. The van der Waals surface area contributed by atoms with E-state index in [4.69, 9.17) is 4.42 Å². The van der Waals surface area contributed by atoms with Gasteiger partial charge in [-0.2, -0.15) is 0 Å². The van der Waals surface area contributed by atoms with Crippen molar-refractivity contribution in [3.05, 3.63) is 58.2 Å². The van der Waals surface area contributed by atoms with Crippen LogP contribution in [-0.2, 0) is 13.1 Å². The summed E-state index contributed by atoms with van der Waals surface area (Å²) >= 11 is 1.83. The maximum Gasteiger partial charge on any atom is 0.287 e. The van der Waals surface area contributed by atoms with Gasteiger partial charge in [-0.15, -0.1) is 17.9 Å².